The van der Waals surface area contributed by atoms with Crippen molar-refractivity contribution in [2.24, 2.45) is 0 Å². The Morgan fingerprint density at radius 2 is 1.00 bits per heavy atom. The van der Waals surface area contributed by atoms with Crippen LogP contribution < -0.4 is 14.0 Å². The predicted molar refractivity (Wildman–Crippen MR) is 2.79 cm³/mol. The highest BCUT2D eigenvalue weighted by molar-refractivity contribution is 1.73. The second-order valence-corrected chi connectivity index (χ2v) is 0.567. The standard InChI is InChI=1S/ClO3.ClH2/c2-1(3)4;/h;1H2/q-1;+1. The zero-order valence-electron chi connectivity index (χ0n) is 2.05. The molecule has 0 saturated carbocycles. The molecule has 0 heterocycles. The quantitative estimate of drug-likeness (QED) is 0.327. The molecule has 0 fully saturated rings. The molecule has 0 N–H and O–H groups in total. The minimum Gasteiger partial charge on any atom is -0.357 e. The van der Waals surface area contributed by atoms with Crippen LogP contribution >= 0.6 is 0 Å². The van der Waals surface area contributed by atoms with E-state index in [2.05, 4.69) is 0 Å². The lowest BCUT2D eigenvalue weighted by Gasteiger charge is -1.89. The van der Waals surface area contributed by atoms with Gasteiger partial charge in [-0.3, -0.25) is 0 Å². The van der Waals surface area contributed by atoms with Gasteiger partial charge in [0.2, 0.25) is 0 Å². The largest absolute Gasteiger partial charge is 0.357 e. The average molecular weight is 121 g/mol. The average Bonchev–Trinajstić information content (AvgIpc) is 0.811. The molecule has 0 spiro atoms. The van der Waals surface area contributed by atoms with Gasteiger partial charge >= 0.3 is 0 Å². The first kappa shape index (κ1) is 9.07. The first-order valence-electron chi connectivity index (χ1n) is 0.463. The van der Waals surface area contributed by atoms with Gasteiger partial charge in [0.25, 0.3) is 0 Å². The molecule has 0 amide bonds. The lowest BCUT2D eigenvalue weighted by molar-refractivity contribution is -1.73. The zero-order valence-corrected chi connectivity index (χ0v) is 3.70. The van der Waals surface area contributed by atoms with Gasteiger partial charge in [-0.1, -0.05) is 0 Å². The van der Waals surface area contributed by atoms with Crippen molar-refractivity contribution in [3.8, 4) is 0 Å². The molecule has 0 aliphatic rings. The van der Waals surface area contributed by atoms with Crippen molar-refractivity contribution in [1.82, 2.24) is 0 Å². The van der Waals surface area contributed by atoms with E-state index < -0.39 is 10.8 Å². The van der Waals surface area contributed by atoms with Gasteiger partial charge in [-0.15, -0.1) is 0 Å². The van der Waals surface area contributed by atoms with Crippen molar-refractivity contribution in [2.45, 2.75) is 0 Å². The van der Waals surface area contributed by atoms with E-state index in [1.165, 1.54) is 0 Å². The molecule has 0 atom stereocenters. The van der Waals surface area contributed by atoms with Gasteiger partial charge in [-0.25, -0.2) is 0 Å². The van der Waals surface area contributed by atoms with Crippen molar-refractivity contribution in [1.29, 1.82) is 0 Å². The third-order valence-electron chi connectivity index (χ3n) is 0. The first-order valence-corrected chi connectivity index (χ1v) is 1.39. The molecule has 0 aromatic carbocycles. The Balaban J connectivity index is 0. The van der Waals surface area contributed by atoms with Gasteiger partial charge in [0.15, 0.2) is 0 Å². The topological polar surface area (TPSA) is 69.2 Å². The van der Waals surface area contributed by atoms with E-state index in [9.17, 15) is 0 Å². The first-order chi connectivity index (χ1) is 1.73. The fourth-order valence-electron chi connectivity index (χ4n) is 0. The molecule has 5 heavy (non-hydrogen) atoms. The summed E-state index contributed by atoms with van der Waals surface area (Å²) in [6.07, 6.45) is 0. The summed E-state index contributed by atoms with van der Waals surface area (Å²) in [4.78, 5) is 0. The van der Waals surface area contributed by atoms with Crippen LogP contribution in [0, 0.1) is 23.2 Å². The van der Waals surface area contributed by atoms with Crippen molar-refractivity contribution < 1.29 is 37.2 Å². The van der Waals surface area contributed by atoms with Crippen molar-refractivity contribution in [3.05, 3.63) is 0 Å². The third kappa shape index (κ3) is 128. The maximum absolute atomic E-state index is 8.41. The maximum atomic E-state index is 8.41. The van der Waals surface area contributed by atoms with Crippen molar-refractivity contribution in [2.75, 3.05) is 0 Å². The summed E-state index contributed by atoms with van der Waals surface area (Å²) < 4.78 is 25.2. The van der Waals surface area contributed by atoms with Crippen molar-refractivity contribution >= 4 is 0 Å². The maximum Gasteiger partial charge on any atom is 0.0903 e. The highest BCUT2D eigenvalue weighted by Crippen LogP contribution is 1.24. The molecule has 0 rings (SSSR count). The van der Waals surface area contributed by atoms with Crippen LogP contribution in [0.25, 0.3) is 0 Å². The van der Waals surface area contributed by atoms with Gasteiger partial charge in [-0.05, 0) is 0 Å². The molecule has 0 aromatic rings. The van der Waals surface area contributed by atoms with E-state index in [-0.39, 0.29) is 12.4 Å². The summed E-state index contributed by atoms with van der Waals surface area (Å²) in [6, 6.07) is 0. The Morgan fingerprint density at radius 1 is 1.00 bits per heavy atom. The molecule has 0 aliphatic heterocycles. The molecule has 0 saturated heterocycles. The molecule has 0 aliphatic carbocycles. The highest BCUT2D eigenvalue weighted by Gasteiger charge is 1.60. The van der Waals surface area contributed by atoms with Crippen LogP contribution in [-0.2, 0) is 0 Å². The van der Waals surface area contributed by atoms with Crippen LogP contribution in [0.4, 0.5) is 0 Å². The smallest absolute Gasteiger partial charge is 0.0903 e. The van der Waals surface area contributed by atoms with Crippen LogP contribution in [0.5, 0.6) is 0 Å². The second-order valence-electron chi connectivity index (χ2n) is 0.189. The summed E-state index contributed by atoms with van der Waals surface area (Å²) in [5.41, 5.74) is 0. The summed E-state index contributed by atoms with van der Waals surface area (Å²) in [6.45, 7) is 0. The van der Waals surface area contributed by atoms with Gasteiger partial charge in [0.1, 0.15) is 0 Å². The predicted octanol–water partition coefficient (Wildman–Crippen LogP) is -4.10. The van der Waals surface area contributed by atoms with Gasteiger partial charge in [0, 0.05) is 0 Å². The molecule has 34 valence electrons. The number of hydrogen-bond acceptors (Lipinski definition) is 3. The SMILES string of the molecule is [ClH2+].[O-][Cl+2]([O-])[O-]. The minimum atomic E-state index is -2.85. The minimum absolute atomic E-state index is 0. The lowest BCUT2D eigenvalue weighted by Crippen LogP contribution is -2.42. The Labute approximate surface area is 38.0 Å². The Bertz CT molecular complexity index is 9.61. The molecule has 3 nitrogen and oxygen atoms in total. The highest BCUT2D eigenvalue weighted by atomic mass is 35.6. The summed E-state index contributed by atoms with van der Waals surface area (Å²) >= 11 is 0. The monoisotopic (exact) mass is 120 g/mol. The molecule has 0 bridgehead atoms. The van der Waals surface area contributed by atoms with Crippen molar-refractivity contribution in [3.63, 3.8) is 0 Å². The lowest BCUT2D eigenvalue weighted by atomic mass is 15.8. The molecule has 0 radical (unpaired) electrons. The van der Waals surface area contributed by atoms with Crippen LogP contribution in [0.3, 0.4) is 0 Å². The summed E-state index contributed by atoms with van der Waals surface area (Å²) in [7, 11) is -2.85. The molecular formula is H2Cl2O3. The van der Waals surface area contributed by atoms with E-state index in [1.54, 1.807) is 0 Å². The summed E-state index contributed by atoms with van der Waals surface area (Å²) in [5.74, 6) is 0. The third-order valence-corrected chi connectivity index (χ3v) is 0. The van der Waals surface area contributed by atoms with Crippen LogP contribution in [-0.4, -0.2) is 0 Å². The fourth-order valence-corrected chi connectivity index (χ4v) is 0. The van der Waals surface area contributed by atoms with Crippen LogP contribution in [0.15, 0.2) is 0 Å². The second kappa shape index (κ2) is 4.46. The normalized spacial score (nSPS) is 7.20. The van der Waals surface area contributed by atoms with E-state index in [1.807, 2.05) is 0 Å². The Morgan fingerprint density at radius 3 is 1.00 bits per heavy atom. The van der Waals surface area contributed by atoms with E-state index in [4.69, 9.17) is 14.0 Å². The van der Waals surface area contributed by atoms with Gasteiger partial charge in [0.05, 0.1) is 23.2 Å². The number of hydrogen-bond donors (Lipinski definition) is 0. The van der Waals surface area contributed by atoms with E-state index in [0.29, 0.717) is 0 Å². The molecule has 0 unspecified atom stereocenters. The molecule has 0 aromatic heterocycles. The zero-order chi connectivity index (χ0) is 3.58. The number of halogens is 2. The van der Waals surface area contributed by atoms with Gasteiger partial charge in [-0.2, -0.15) is 0 Å². The van der Waals surface area contributed by atoms with Crippen LogP contribution in [0.2, 0.25) is 0 Å². The summed E-state index contributed by atoms with van der Waals surface area (Å²) in [5, 5.41) is 0. The molecule has 5 heteroatoms. The van der Waals surface area contributed by atoms with E-state index >= 15 is 0 Å². The van der Waals surface area contributed by atoms with Gasteiger partial charge < -0.3 is 14.0 Å². The van der Waals surface area contributed by atoms with Crippen LogP contribution in [0.1, 0.15) is 0 Å². The fraction of sp³-hybridized carbons (Fsp3) is 0. The Kier molecular flexibility index (Phi) is 8.09. The van der Waals surface area contributed by atoms with E-state index in [0.717, 1.165) is 0 Å². The number of rotatable bonds is 0. The molecular weight excluding hydrogens is 119 g/mol. The Hall–Kier alpha value is 0.460.